The Morgan fingerprint density at radius 2 is 1.66 bits per heavy atom. The van der Waals surface area contributed by atoms with Gasteiger partial charge in [-0.1, -0.05) is 39.0 Å². The number of amides is 1. The number of hydrogen-bond acceptors (Lipinski definition) is 3. The first kappa shape index (κ1) is 26.0. The smallest absolute Gasteiger partial charge is 0.416 e. The van der Waals surface area contributed by atoms with Crippen LogP contribution in [-0.4, -0.2) is 23.0 Å². The van der Waals surface area contributed by atoms with Crippen LogP contribution < -0.4 is 10.1 Å². The molecule has 186 valence electrons. The normalized spacial score (nSPS) is 12.9. The molecular weight excluding hydrogens is 466 g/mol. The van der Waals surface area contributed by atoms with Gasteiger partial charge in [-0.15, -0.1) is 0 Å². The van der Waals surface area contributed by atoms with Gasteiger partial charge in [0.15, 0.2) is 0 Å². The number of carboxylic acids is 1. The van der Waals surface area contributed by atoms with E-state index in [1.165, 1.54) is 42.5 Å². The van der Waals surface area contributed by atoms with Gasteiger partial charge in [0.2, 0.25) is 0 Å². The predicted molar refractivity (Wildman–Crippen MR) is 123 cm³/mol. The van der Waals surface area contributed by atoms with E-state index in [0.717, 1.165) is 12.1 Å². The van der Waals surface area contributed by atoms with Crippen molar-refractivity contribution in [3.8, 4) is 5.75 Å². The van der Waals surface area contributed by atoms with Crippen molar-refractivity contribution in [3.63, 3.8) is 0 Å². The molecule has 35 heavy (non-hydrogen) atoms. The summed E-state index contributed by atoms with van der Waals surface area (Å²) in [7, 11) is 0. The Labute approximate surface area is 199 Å². The number of ether oxygens (including phenoxy) is 1. The monoisotopic (exact) mass is 491 g/mol. The summed E-state index contributed by atoms with van der Waals surface area (Å²) < 4.78 is 58.1. The zero-order valence-corrected chi connectivity index (χ0v) is 19.4. The van der Waals surface area contributed by atoms with Crippen LogP contribution in [-0.2, 0) is 17.6 Å². The molecule has 0 heterocycles. The second-order valence-electron chi connectivity index (χ2n) is 9.42. The number of carbonyl (C=O) groups is 2. The number of halogens is 4. The molecule has 3 aromatic rings. The van der Waals surface area contributed by atoms with Gasteiger partial charge in [0.25, 0.3) is 5.91 Å². The number of nitrogens with one attached hydrogen (secondary N) is 1. The van der Waals surface area contributed by atoms with Crippen LogP contribution in [0.15, 0.2) is 54.6 Å². The molecule has 2 N–H and O–H groups in total. The lowest BCUT2D eigenvalue weighted by atomic mass is 9.88. The molecule has 0 unspecified atom stereocenters. The van der Waals surface area contributed by atoms with Gasteiger partial charge in [0.05, 0.1) is 11.1 Å². The van der Waals surface area contributed by atoms with Gasteiger partial charge >= 0.3 is 12.1 Å². The molecule has 0 radical (unpaired) electrons. The highest BCUT2D eigenvalue weighted by molar-refractivity contribution is 6.04. The van der Waals surface area contributed by atoms with E-state index in [4.69, 9.17) is 4.74 Å². The minimum absolute atomic E-state index is 0.0242. The number of fused-ring (bicyclic) bond motifs is 1. The molecule has 0 aliphatic rings. The Kier molecular flexibility index (Phi) is 7.38. The second kappa shape index (κ2) is 9.93. The van der Waals surface area contributed by atoms with Crippen LogP contribution >= 0.6 is 0 Å². The Balaban J connectivity index is 1.94. The average molecular weight is 491 g/mol. The zero-order chi connectivity index (χ0) is 26.0. The maximum atomic E-state index is 13.8. The van der Waals surface area contributed by atoms with Crippen LogP contribution in [0.1, 0.15) is 48.7 Å². The summed E-state index contributed by atoms with van der Waals surface area (Å²) in [5.41, 5.74) is -0.740. The van der Waals surface area contributed by atoms with Gasteiger partial charge in [-0.25, -0.2) is 9.18 Å². The van der Waals surface area contributed by atoms with Gasteiger partial charge in [0, 0.05) is 5.39 Å². The Morgan fingerprint density at radius 3 is 2.23 bits per heavy atom. The first-order chi connectivity index (χ1) is 16.2. The maximum absolute atomic E-state index is 13.8. The summed E-state index contributed by atoms with van der Waals surface area (Å²) in [6.45, 7) is 5.37. The molecule has 0 bridgehead atoms. The number of benzene rings is 3. The summed E-state index contributed by atoms with van der Waals surface area (Å²) >= 11 is 0. The van der Waals surface area contributed by atoms with Crippen LogP contribution in [0.5, 0.6) is 5.75 Å². The van der Waals surface area contributed by atoms with Crippen LogP contribution in [0.3, 0.4) is 0 Å². The van der Waals surface area contributed by atoms with E-state index in [1.54, 1.807) is 0 Å². The number of carbonyl (C=O) groups excluding carboxylic acids is 1. The van der Waals surface area contributed by atoms with Crippen LogP contribution in [0.25, 0.3) is 10.8 Å². The molecular formula is C26H25F4NO4. The third-order valence-electron chi connectivity index (χ3n) is 5.26. The van der Waals surface area contributed by atoms with E-state index >= 15 is 0 Å². The SMILES string of the molecule is CC(C)(C)C[C@H](NC(=O)c1ccc2cc(F)ccc2c1OCc1ccc(C(F)(F)F)cc1)C(=O)O. The van der Waals surface area contributed by atoms with E-state index in [2.05, 4.69) is 5.32 Å². The van der Waals surface area contributed by atoms with Gasteiger partial charge < -0.3 is 15.2 Å². The number of rotatable bonds is 7. The van der Waals surface area contributed by atoms with E-state index in [-0.39, 0.29) is 29.8 Å². The van der Waals surface area contributed by atoms with Crippen molar-refractivity contribution in [3.05, 3.63) is 77.1 Å². The van der Waals surface area contributed by atoms with E-state index in [9.17, 15) is 32.3 Å². The van der Waals surface area contributed by atoms with E-state index in [1.807, 2.05) is 20.8 Å². The highest BCUT2D eigenvalue weighted by Crippen LogP contribution is 2.33. The van der Waals surface area contributed by atoms with Crippen LogP contribution in [0, 0.1) is 11.2 Å². The maximum Gasteiger partial charge on any atom is 0.416 e. The van der Waals surface area contributed by atoms with Gasteiger partial charge in [-0.3, -0.25) is 4.79 Å². The molecule has 1 atom stereocenters. The summed E-state index contributed by atoms with van der Waals surface area (Å²) in [6.07, 6.45) is -4.30. The predicted octanol–water partition coefficient (Wildman–Crippen LogP) is 6.20. The fourth-order valence-electron chi connectivity index (χ4n) is 3.60. The van der Waals surface area contributed by atoms with Gasteiger partial charge in [0.1, 0.15) is 24.2 Å². The van der Waals surface area contributed by atoms with Crippen molar-refractivity contribution < 1.29 is 37.0 Å². The minimum Gasteiger partial charge on any atom is -0.487 e. The molecule has 3 aromatic carbocycles. The Morgan fingerprint density at radius 1 is 1.00 bits per heavy atom. The van der Waals surface area contributed by atoms with Gasteiger partial charge in [-0.2, -0.15) is 13.2 Å². The minimum atomic E-state index is -4.47. The molecule has 0 saturated carbocycles. The average Bonchev–Trinajstić information content (AvgIpc) is 2.75. The summed E-state index contributed by atoms with van der Waals surface area (Å²) in [4.78, 5) is 24.8. The second-order valence-corrected chi connectivity index (χ2v) is 9.42. The van der Waals surface area contributed by atoms with Crippen molar-refractivity contribution in [2.45, 2.75) is 46.0 Å². The molecule has 0 aliphatic carbocycles. The summed E-state index contributed by atoms with van der Waals surface area (Å²) in [6, 6.07) is 9.99. The van der Waals surface area contributed by atoms with Crippen molar-refractivity contribution in [1.29, 1.82) is 0 Å². The molecule has 0 aliphatic heterocycles. The van der Waals surface area contributed by atoms with Crippen molar-refractivity contribution in [2.75, 3.05) is 0 Å². The first-order valence-corrected chi connectivity index (χ1v) is 10.8. The Bertz CT molecular complexity index is 1230. The van der Waals surface area contributed by atoms with Crippen LogP contribution in [0.2, 0.25) is 0 Å². The molecule has 9 heteroatoms. The lowest BCUT2D eigenvalue weighted by Crippen LogP contribution is -2.43. The van der Waals surface area contributed by atoms with Gasteiger partial charge in [-0.05, 0) is 59.2 Å². The fraction of sp³-hybridized carbons (Fsp3) is 0.308. The summed E-state index contributed by atoms with van der Waals surface area (Å²) in [5.74, 6) is -2.32. The Hall–Kier alpha value is -3.62. The standard InChI is InChI=1S/C26H25F4NO4/c1-25(2,3)13-21(24(33)34)31-23(32)20-10-6-16-12-18(27)9-11-19(16)22(20)35-14-15-4-7-17(8-5-15)26(28,29)30/h4-12,21H,13-14H2,1-3H3,(H,31,32)(H,33,34)/t21-/m0/s1. The molecule has 0 fully saturated rings. The highest BCUT2D eigenvalue weighted by Gasteiger charge is 2.30. The van der Waals surface area contributed by atoms with Crippen molar-refractivity contribution >= 4 is 22.6 Å². The lowest BCUT2D eigenvalue weighted by Gasteiger charge is -2.24. The fourth-order valence-corrected chi connectivity index (χ4v) is 3.60. The topological polar surface area (TPSA) is 75.6 Å². The third kappa shape index (κ3) is 6.71. The molecule has 5 nitrogen and oxygen atoms in total. The molecule has 3 rings (SSSR count). The van der Waals surface area contributed by atoms with Crippen molar-refractivity contribution in [1.82, 2.24) is 5.32 Å². The zero-order valence-electron chi connectivity index (χ0n) is 19.4. The molecule has 0 spiro atoms. The van der Waals surface area contributed by atoms with E-state index < -0.39 is 35.5 Å². The molecule has 0 aromatic heterocycles. The third-order valence-corrected chi connectivity index (χ3v) is 5.26. The van der Waals surface area contributed by atoms with E-state index in [0.29, 0.717) is 16.3 Å². The van der Waals surface area contributed by atoms with Crippen molar-refractivity contribution in [2.24, 2.45) is 5.41 Å². The molecule has 1 amide bonds. The summed E-state index contributed by atoms with van der Waals surface area (Å²) in [5, 5.41) is 12.9. The first-order valence-electron chi connectivity index (χ1n) is 10.8. The number of aliphatic carboxylic acids is 1. The number of carboxylic acid groups (broad SMARTS) is 1. The van der Waals surface area contributed by atoms with Crippen LogP contribution in [0.4, 0.5) is 17.6 Å². The number of hydrogen-bond donors (Lipinski definition) is 2. The lowest BCUT2D eigenvalue weighted by molar-refractivity contribution is -0.140. The number of alkyl halides is 3. The highest BCUT2D eigenvalue weighted by atomic mass is 19.4. The quantitative estimate of drug-likeness (QED) is 0.386. The molecule has 0 saturated heterocycles. The largest absolute Gasteiger partial charge is 0.487 e.